The van der Waals surface area contributed by atoms with Crippen LogP contribution in [0.5, 0.6) is 0 Å². The van der Waals surface area contributed by atoms with Gasteiger partial charge in [-0.05, 0) is 48.2 Å². The second-order valence-corrected chi connectivity index (χ2v) is 11.6. The smallest absolute Gasteiger partial charge is 0.266 e. The molecular weight excluding hydrogens is 528 g/mol. The van der Waals surface area contributed by atoms with Gasteiger partial charge in [-0.15, -0.1) is 6.58 Å². The molecule has 218 valence electrons. The summed E-state index contributed by atoms with van der Waals surface area (Å²) in [5.41, 5.74) is 4.07. The third kappa shape index (κ3) is 5.45. The third-order valence-corrected chi connectivity index (χ3v) is 8.96. The molecule has 7 heteroatoms. The number of anilines is 1. The van der Waals surface area contributed by atoms with Crippen molar-refractivity contribution >= 4 is 17.5 Å². The van der Waals surface area contributed by atoms with Gasteiger partial charge in [0.05, 0.1) is 35.6 Å². The Balaban J connectivity index is 1.27. The summed E-state index contributed by atoms with van der Waals surface area (Å²) in [6.45, 7) is 7.77. The molecule has 6 rings (SSSR count). The van der Waals surface area contributed by atoms with Crippen molar-refractivity contribution in [3.05, 3.63) is 113 Å². The molecule has 2 heterocycles. The van der Waals surface area contributed by atoms with Gasteiger partial charge in [0.25, 0.3) is 11.8 Å². The van der Waals surface area contributed by atoms with E-state index in [1.807, 2.05) is 42.5 Å². The fraction of sp³-hybridized carbons (Fsp3) is 0.371. The second kappa shape index (κ2) is 12.3. The van der Waals surface area contributed by atoms with E-state index in [9.17, 15) is 14.7 Å². The van der Waals surface area contributed by atoms with Gasteiger partial charge in [0.2, 0.25) is 0 Å². The van der Waals surface area contributed by atoms with Gasteiger partial charge in [0.1, 0.15) is 0 Å². The first-order valence-electron chi connectivity index (χ1n) is 14.9. The summed E-state index contributed by atoms with van der Waals surface area (Å²) in [6.07, 6.45) is 5.94. The Kier molecular flexibility index (Phi) is 8.36. The van der Waals surface area contributed by atoms with Crippen LogP contribution in [0.1, 0.15) is 82.4 Å². The van der Waals surface area contributed by atoms with Gasteiger partial charge in [-0.2, -0.15) is 0 Å². The molecule has 0 bridgehead atoms. The van der Waals surface area contributed by atoms with Crippen LogP contribution in [0.4, 0.5) is 5.69 Å². The number of imide groups is 1. The molecule has 2 fully saturated rings. The fourth-order valence-corrected chi connectivity index (χ4v) is 6.57. The van der Waals surface area contributed by atoms with Crippen LogP contribution in [0.25, 0.3) is 0 Å². The van der Waals surface area contributed by atoms with Gasteiger partial charge in [-0.3, -0.25) is 14.5 Å². The number of hydrogen-bond acceptors (Lipinski definition) is 6. The van der Waals surface area contributed by atoms with Gasteiger partial charge in [-0.1, -0.05) is 74.4 Å². The Labute approximate surface area is 247 Å². The number of aliphatic hydroxyl groups excluding tert-OH is 1. The number of ether oxygens (including phenoxy) is 2. The number of carbonyl (C=O) groups is 2. The second-order valence-electron chi connectivity index (χ2n) is 11.6. The van der Waals surface area contributed by atoms with E-state index in [1.54, 1.807) is 36.4 Å². The first kappa shape index (κ1) is 28.5. The molecule has 3 aliphatic rings. The average molecular weight is 567 g/mol. The predicted octanol–water partition coefficient (Wildman–Crippen LogP) is 6.20. The lowest BCUT2D eigenvalue weighted by Gasteiger charge is -2.43. The summed E-state index contributed by atoms with van der Waals surface area (Å²) in [7, 11) is 0. The normalized spacial score (nSPS) is 24.4. The highest BCUT2D eigenvalue weighted by Gasteiger charge is 2.41. The van der Waals surface area contributed by atoms with E-state index >= 15 is 0 Å². The fourth-order valence-electron chi connectivity index (χ4n) is 6.57. The van der Waals surface area contributed by atoms with Crippen LogP contribution in [-0.4, -0.2) is 47.1 Å². The number of carbonyl (C=O) groups excluding carboxylic acids is 2. The van der Waals surface area contributed by atoms with E-state index in [2.05, 4.69) is 18.4 Å². The maximum atomic E-state index is 13.0. The van der Waals surface area contributed by atoms with Crippen LogP contribution < -0.4 is 4.90 Å². The highest BCUT2D eigenvalue weighted by molar-refractivity contribution is 6.34. The topological polar surface area (TPSA) is 79.3 Å². The van der Waals surface area contributed by atoms with E-state index < -0.39 is 6.29 Å². The Morgan fingerprint density at radius 3 is 2.12 bits per heavy atom. The molecule has 42 heavy (non-hydrogen) atoms. The molecular formula is C35H38N2O5. The van der Waals surface area contributed by atoms with Crippen LogP contribution >= 0.6 is 0 Å². The van der Waals surface area contributed by atoms with Crippen molar-refractivity contribution in [3.63, 3.8) is 0 Å². The molecule has 1 saturated heterocycles. The van der Waals surface area contributed by atoms with Gasteiger partial charge in [0, 0.05) is 30.6 Å². The first-order valence-corrected chi connectivity index (χ1v) is 14.9. The van der Waals surface area contributed by atoms with Gasteiger partial charge in [0.15, 0.2) is 6.29 Å². The molecule has 2 amide bonds. The van der Waals surface area contributed by atoms with Crippen molar-refractivity contribution in [3.8, 4) is 0 Å². The van der Waals surface area contributed by atoms with Gasteiger partial charge < -0.3 is 14.6 Å². The Morgan fingerprint density at radius 1 is 0.905 bits per heavy atom. The van der Waals surface area contributed by atoms with Gasteiger partial charge >= 0.3 is 0 Å². The zero-order chi connectivity index (χ0) is 29.2. The lowest BCUT2D eigenvalue weighted by Crippen LogP contribution is -2.47. The van der Waals surface area contributed by atoms with Crippen molar-refractivity contribution in [2.24, 2.45) is 5.92 Å². The maximum Gasteiger partial charge on any atom is 0.266 e. The van der Waals surface area contributed by atoms with Crippen LogP contribution in [0.2, 0.25) is 0 Å². The SMILES string of the molecule is C=CCN(CC1OC(c2ccc(N3C(=O)c4ccccc4C3=O)cc2)OC(c2ccc(CO)cc2)C1C)C1CCCC1. The highest BCUT2D eigenvalue weighted by atomic mass is 16.7. The van der Waals surface area contributed by atoms with Crippen LogP contribution in [-0.2, 0) is 16.1 Å². The molecule has 1 saturated carbocycles. The molecule has 3 aromatic rings. The van der Waals surface area contributed by atoms with Gasteiger partial charge in [-0.25, -0.2) is 4.90 Å². The summed E-state index contributed by atoms with van der Waals surface area (Å²) in [5, 5.41) is 9.55. The van der Waals surface area contributed by atoms with E-state index in [-0.39, 0.29) is 36.5 Å². The van der Waals surface area contributed by atoms with Crippen molar-refractivity contribution in [1.29, 1.82) is 0 Å². The maximum absolute atomic E-state index is 13.0. The zero-order valence-electron chi connectivity index (χ0n) is 24.0. The monoisotopic (exact) mass is 566 g/mol. The zero-order valence-corrected chi connectivity index (χ0v) is 24.0. The van der Waals surface area contributed by atoms with Crippen LogP contribution in [0, 0.1) is 5.92 Å². The molecule has 0 aromatic heterocycles. The van der Waals surface area contributed by atoms with Crippen molar-refractivity contribution in [2.75, 3.05) is 18.0 Å². The minimum absolute atomic E-state index is 0.00687. The predicted molar refractivity (Wildman–Crippen MR) is 161 cm³/mol. The Bertz CT molecular complexity index is 1400. The summed E-state index contributed by atoms with van der Waals surface area (Å²) >= 11 is 0. The number of nitrogens with zero attached hydrogens (tertiary/aromatic N) is 2. The number of hydrogen-bond donors (Lipinski definition) is 1. The van der Waals surface area contributed by atoms with Crippen LogP contribution in [0.15, 0.2) is 85.5 Å². The van der Waals surface area contributed by atoms with Crippen molar-refractivity contribution < 1.29 is 24.2 Å². The number of rotatable bonds is 9. The Morgan fingerprint density at radius 2 is 1.52 bits per heavy atom. The van der Waals surface area contributed by atoms with E-state index in [0.29, 0.717) is 22.9 Å². The van der Waals surface area contributed by atoms with E-state index in [0.717, 1.165) is 29.8 Å². The Hall–Kier alpha value is -3.62. The molecule has 3 aromatic carbocycles. The molecule has 0 spiro atoms. The number of aliphatic hydroxyl groups is 1. The van der Waals surface area contributed by atoms with E-state index in [4.69, 9.17) is 9.47 Å². The molecule has 1 N–H and O–H groups in total. The quantitative estimate of drug-likeness (QED) is 0.245. The molecule has 2 aliphatic heterocycles. The summed E-state index contributed by atoms with van der Waals surface area (Å²) < 4.78 is 13.3. The first-order chi connectivity index (χ1) is 20.5. The molecule has 7 nitrogen and oxygen atoms in total. The summed E-state index contributed by atoms with van der Waals surface area (Å²) in [5.74, 6) is -0.557. The number of benzene rings is 3. The molecule has 4 unspecified atom stereocenters. The lowest BCUT2D eigenvalue weighted by molar-refractivity contribution is -0.276. The minimum Gasteiger partial charge on any atom is -0.392 e. The standard InChI is InChI=1S/C35H38N2O5/c1-3-20-36(27-8-4-5-9-27)21-31-23(2)32(25-14-12-24(22-38)13-15-25)42-35(41-31)26-16-18-28(19-17-26)37-33(39)29-10-6-7-11-30(29)34(37)40/h3,6-7,10-19,23,27,31-32,35,38H,1,4-5,8-9,20-22H2,2H3. The third-order valence-electron chi connectivity index (χ3n) is 8.96. The van der Waals surface area contributed by atoms with Crippen molar-refractivity contribution in [1.82, 2.24) is 4.90 Å². The lowest BCUT2D eigenvalue weighted by atomic mass is 9.89. The van der Waals surface area contributed by atoms with Crippen molar-refractivity contribution in [2.45, 2.75) is 63.8 Å². The summed E-state index contributed by atoms with van der Waals surface area (Å²) in [6, 6.07) is 22.7. The molecule has 4 atom stereocenters. The summed E-state index contributed by atoms with van der Waals surface area (Å²) in [4.78, 5) is 29.7. The van der Waals surface area contributed by atoms with Crippen LogP contribution in [0.3, 0.4) is 0 Å². The average Bonchev–Trinajstić information content (AvgIpc) is 3.65. The minimum atomic E-state index is -0.626. The number of fused-ring (bicyclic) bond motifs is 1. The van der Waals surface area contributed by atoms with E-state index in [1.165, 1.54) is 30.6 Å². The highest BCUT2D eigenvalue weighted by Crippen LogP contribution is 2.43. The molecule has 1 aliphatic carbocycles. The molecule has 0 radical (unpaired) electrons. The number of amides is 2. The largest absolute Gasteiger partial charge is 0.392 e.